The van der Waals surface area contributed by atoms with Gasteiger partial charge in [0.1, 0.15) is 6.33 Å². The Morgan fingerprint density at radius 1 is 1.30 bits per heavy atom. The molecule has 0 aliphatic carbocycles. The molecule has 2 aromatic rings. The Kier molecular flexibility index (Phi) is 4.83. The minimum absolute atomic E-state index is 0.304. The molecule has 2 heterocycles. The number of rotatable bonds is 7. The van der Waals surface area contributed by atoms with Crippen LogP contribution in [-0.4, -0.2) is 49.3 Å². The van der Waals surface area contributed by atoms with Gasteiger partial charge in [0.2, 0.25) is 17.8 Å². The van der Waals surface area contributed by atoms with Gasteiger partial charge in [0, 0.05) is 26.0 Å². The topological polar surface area (TPSA) is 101 Å². The van der Waals surface area contributed by atoms with E-state index in [0.717, 1.165) is 6.42 Å². The zero-order chi connectivity index (χ0) is 14.4. The fourth-order valence-corrected chi connectivity index (χ4v) is 1.60. The first-order valence-electron chi connectivity index (χ1n) is 6.57. The monoisotopic (exact) mass is 277 g/mol. The maximum Gasteiger partial charge on any atom is 0.241 e. The SMILES string of the molecule is CCC(O)CCNc1nc(NC)nc(-n2ccnc2)n1. The van der Waals surface area contributed by atoms with Gasteiger partial charge in [-0.2, -0.15) is 15.0 Å². The van der Waals surface area contributed by atoms with Gasteiger partial charge >= 0.3 is 0 Å². The fraction of sp³-hybridized carbons (Fsp3) is 0.500. The Morgan fingerprint density at radius 2 is 2.10 bits per heavy atom. The van der Waals surface area contributed by atoms with Gasteiger partial charge in [0.15, 0.2) is 0 Å². The molecule has 3 N–H and O–H groups in total. The van der Waals surface area contributed by atoms with Crippen LogP contribution in [-0.2, 0) is 0 Å². The highest BCUT2D eigenvalue weighted by Crippen LogP contribution is 2.09. The Morgan fingerprint density at radius 3 is 2.75 bits per heavy atom. The smallest absolute Gasteiger partial charge is 0.241 e. The van der Waals surface area contributed by atoms with Crippen molar-refractivity contribution in [2.75, 3.05) is 24.2 Å². The molecule has 1 atom stereocenters. The molecule has 108 valence electrons. The lowest BCUT2D eigenvalue weighted by atomic mass is 10.2. The molecule has 0 aliphatic rings. The molecule has 8 heteroatoms. The summed E-state index contributed by atoms with van der Waals surface area (Å²) in [5.41, 5.74) is 0. The minimum atomic E-state index is -0.304. The third kappa shape index (κ3) is 3.64. The summed E-state index contributed by atoms with van der Waals surface area (Å²) in [5.74, 6) is 1.43. The van der Waals surface area contributed by atoms with Gasteiger partial charge < -0.3 is 15.7 Å². The van der Waals surface area contributed by atoms with Crippen LogP contribution < -0.4 is 10.6 Å². The van der Waals surface area contributed by atoms with E-state index in [9.17, 15) is 5.11 Å². The van der Waals surface area contributed by atoms with E-state index in [2.05, 4.69) is 30.6 Å². The summed E-state index contributed by atoms with van der Waals surface area (Å²) in [6.45, 7) is 2.55. The number of aliphatic hydroxyl groups is 1. The van der Waals surface area contributed by atoms with Crippen molar-refractivity contribution in [2.45, 2.75) is 25.9 Å². The van der Waals surface area contributed by atoms with Crippen molar-refractivity contribution in [3.8, 4) is 5.95 Å². The predicted octanol–water partition coefficient (Wildman–Crippen LogP) is 0.672. The number of anilines is 2. The molecule has 0 fully saturated rings. The van der Waals surface area contributed by atoms with Gasteiger partial charge in [-0.25, -0.2) is 4.98 Å². The van der Waals surface area contributed by atoms with E-state index in [1.807, 2.05) is 6.92 Å². The minimum Gasteiger partial charge on any atom is -0.393 e. The molecular formula is C12H19N7O. The van der Waals surface area contributed by atoms with Crippen LogP contribution in [0.5, 0.6) is 0 Å². The van der Waals surface area contributed by atoms with Crippen LogP contribution in [0.1, 0.15) is 19.8 Å². The Balaban J connectivity index is 2.10. The van der Waals surface area contributed by atoms with Crippen LogP contribution >= 0.6 is 0 Å². The van der Waals surface area contributed by atoms with Crippen LogP contribution in [0.3, 0.4) is 0 Å². The summed E-state index contributed by atoms with van der Waals surface area (Å²) < 4.78 is 1.70. The highest BCUT2D eigenvalue weighted by molar-refractivity contribution is 5.37. The number of nitrogens with one attached hydrogen (secondary N) is 2. The zero-order valence-electron chi connectivity index (χ0n) is 11.6. The van der Waals surface area contributed by atoms with Crippen molar-refractivity contribution in [1.29, 1.82) is 0 Å². The Bertz CT molecular complexity index is 529. The quantitative estimate of drug-likeness (QED) is 0.683. The number of imidazole rings is 1. The summed E-state index contributed by atoms with van der Waals surface area (Å²) in [6, 6.07) is 0. The standard InChI is InChI=1S/C12H19N7O/c1-3-9(20)4-5-15-11-16-10(13-2)17-12(18-11)19-7-6-14-8-19/h6-9,20H,3-5H2,1-2H3,(H2,13,15,16,17,18). The molecule has 0 saturated carbocycles. The molecule has 0 aliphatic heterocycles. The second-order valence-corrected chi connectivity index (χ2v) is 4.28. The highest BCUT2D eigenvalue weighted by Gasteiger charge is 2.07. The molecule has 2 aromatic heterocycles. The van der Waals surface area contributed by atoms with E-state index in [1.165, 1.54) is 0 Å². The van der Waals surface area contributed by atoms with E-state index in [0.29, 0.717) is 30.8 Å². The van der Waals surface area contributed by atoms with Crippen molar-refractivity contribution in [3.05, 3.63) is 18.7 Å². The lowest BCUT2D eigenvalue weighted by Crippen LogP contribution is -2.15. The molecule has 0 saturated heterocycles. The lowest BCUT2D eigenvalue weighted by molar-refractivity contribution is 0.164. The highest BCUT2D eigenvalue weighted by atomic mass is 16.3. The number of hydrogen-bond acceptors (Lipinski definition) is 7. The van der Waals surface area contributed by atoms with Gasteiger partial charge in [0.05, 0.1) is 6.10 Å². The first-order valence-corrected chi connectivity index (χ1v) is 6.57. The van der Waals surface area contributed by atoms with Crippen LogP contribution in [0.2, 0.25) is 0 Å². The molecule has 0 radical (unpaired) electrons. The molecule has 0 bridgehead atoms. The summed E-state index contributed by atoms with van der Waals surface area (Å²) in [4.78, 5) is 16.8. The van der Waals surface area contributed by atoms with E-state index in [1.54, 1.807) is 30.3 Å². The summed E-state index contributed by atoms with van der Waals surface area (Å²) in [7, 11) is 1.75. The van der Waals surface area contributed by atoms with Crippen LogP contribution in [0.4, 0.5) is 11.9 Å². The average Bonchev–Trinajstić information content (AvgIpc) is 3.01. The molecule has 2 rings (SSSR count). The molecular weight excluding hydrogens is 258 g/mol. The van der Waals surface area contributed by atoms with E-state index in [4.69, 9.17) is 0 Å². The summed E-state index contributed by atoms with van der Waals surface area (Å²) in [5, 5.41) is 15.5. The van der Waals surface area contributed by atoms with Gasteiger partial charge in [0.25, 0.3) is 0 Å². The van der Waals surface area contributed by atoms with Crippen molar-refractivity contribution < 1.29 is 5.11 Å². The molecule has 20 heavy (non-hydrogen) atoms. The first kappa shape index (κ1) is 14.2. The van der Waals surface area contributed by atoms with E-state index in [-0.39, 0.29) is 6.10 Å². The third-order valence-corrected chi connectivity index (χ3v) is 2.81. The summed E-state index contributed by atoms with van der Waals surface area (Å²) in [6.07, 6.45) is 6.13. The number of aliphatic hydroxyl groups excluding tert-OH is 1. The van der Waals surface area contributed by atoms with E-state index >= 15 is 0 Å². The fourth-order valence-electron chi connectivity index (χ4n) is 1.60. The van der Waals surface area contributed by atoms with Gasteiger partial charge in [-0.1, -0.05) is 6.92 Å². The van der Waals surface area contributed by atoms with Crippen LogP contribution in [0.25, 0.3) is 5.95 Å². The number of aromatic nitrogens is 5. The van der Waals surface area contributed by atoms with Gasteiger partial charge in [-0.3, -0.25) is 4.57 Å². The third-order valence-electron chi connectivity index (χ3n) is 2.81. The summed E-state index contributed by atoms with van der Waals surface area (Å²) >= 11 is 0. The normalized spacial score (nSPS) is 12.2. The van der Waals surface area contributed by atoms with Gasteiger partial charge in [-0.15, -0.1) is 0 Å². The van der Waals surface area contributed by atoms with Crippen LogP contribution in [0.15, 0.2) is 18.7 Å². The van der Waals surface area contributed by atoms with Crippen LogP contribution in [0, 0.1) is 0 Å². The largest absolute Gasteiger partial charge is 0.393 e. The van der Waals surface area contributed by atoms with Crippen molar-refractivity contribution in [1.82, 2.24) is 24.5 Å². The molecule has 0 amide bonds. The number of nitrogens with zero attached hydrogens (tertiary/aromatic N) is 5. The molecule has 0 aromatic carbocycles. The second kappa shape index (κ2) is 6.80. The Hall–Kier alpha value is -2.22. The second-order valence-electron chi connectivity index (χ2n) is 4.28. The predicted molar refractivity (Wildman–Crippen MR) is 75.9 cm³/mol. The maximum atomic E-state index is 9.52. The molecule has 0 spiro atoms. The number of hydrogen-bond donors (Lipinski definition) is 3. The van der Waals surface area contributed by atoms with E-state index < -0.39 is 0 Å². The van der Waals surface area contributed by atoms with Gasteiger partial charge in [-0.05, 0) is 12.8 Å². The van der Waals surface area contributed by atoms with Crippen molar-refractivity contribution in [3.63, 3.8) is 0 Å². The van der Waals surface area contributed by atoms with Crippen molar-refractivity contribution >= 4 is 11.9 Å². The zero-order valence-corrected chi connectivity index (χ0v) is 11.6. The maximum absolute atomic E-state index is 9.52. The first-order chi connectivity index (χ1) is 9.72. The molecule has 8 nitrogen and oxygen atoms in total. The average molecular weight is 277 g/mol. The molecule has 1 unspecified atom stereocenters. The lowest BCUT2D eigenvalue weighted by Gasteiger charge is -2.10. The Labute approximate surface area is 117 Å². The van der Waals surface area contributed by atoms with Crippen molar-refractivity contribution in [2.24, 2.45) is 0 Å².